The molecule has 1 aromatic heterocycles. The van der Waals surface area contributed by atoms with Crippen molar-refractivity contribution in [2.45, 2.75) is 0 Å². The summed E-state index contributed by atoms with van der Waals surface area (Å²) in [7, 11) is 0. The molecule has 2 aromatic carbocycles. The van der Waals surface area contributed by atoms with Crippen LogP contribution >= 0.6 is 15.9 Å². The standard InChI is InChI=1S/C19H11BrFNO/c20-16-3-1-2-14(10-16)15(12-22)11-18-8-9-19(23-18)13-4-6-17(21)7-5-13/h1-11H/b15-11-. The maximum atomic E-state index is 13.0. The Morgan fingerprint density at radius 3 is 2.57 bits per heavy atom. The third kappa shape index (κ3) is 3.58. The lowest BCUT2D eigenvalue weighted by molar-refractivity contribution is 0.571. The van der Waals surface area contributed by atoms with Crippen LogP contribution in [0.3, 0.4) is 0 Å². The first-order valence-corrected chi connectivity index (χ1v) is 7.68. The van der Waals surface area contributed by atoms with Crippen molar-refractivity contribution in [1.82, 2.24) is 0 Å². The minimum Gasteiger partial charge on any atom is -0.457 e. The molecule has 0 amide bonds. The summed E-state index contributed by atoms with van der Waals surface area (Å²) in [6.45, 7) is 0. The highest BCUT2D eigenvalue weighted by Gasteiger charge is 2.06. The van der Waals surface area contributed by atoms with Crippen LogP contribution < -0.4 is 0 Å². The third-order valence-corrected chi connectivity index (χ3v) is 3.79. The fourth-order valence-corrected chi connectivity index (χ4v) is 2.58. The van der Waals surface area contributed by atoms with Gasteiger partial charge in [-0.25, -0.2) is 4.39 Å². The zero-order valence-corrected chi connectivity index (χ0v) is 13.5. The summed E-state index contributed by atoms with van der Waals surface area (Å²) < 4.78 is 19.6. The molecule has 0 saturated heterocycles. The molecule has 0 bridgehead atoms. The van der Waals surface area contributed by atoms with Crippen LogP contribution in [0, 0.1) is 17.1 Å². The summed E-state index contributed by atoms with van der Waals surface area (Å²) in [4.78, 5) is 0. The van der Waals surface area contributed by atoms with E-state index in [1.807, 2.05) is 24.3 Å². The highest BCUT2D eigenvalue weighted by Crippen LogP contribution is 2.26. The molecule has 1 heterocycles. The van der Waals surface area contributed by atoms with E-state index < -0.39 is 0 Å². The third-order valence-electron chi connectivity index (χ3n) is 3.30. The van der Waals surface area contributed by atoms with Crippen LogP contribution in [0.25, 0.3) is 23.0 Å². The van der Waals surface area contributed by atoms with Crippen LogP contribution in [0.15, 0.2) is 69.6 Å². The van der Waals surface area contributed by atoms with Crippen LogP contribution in [0.2, 0.25) is 0 Å². The quantitative estimate of drug-likeness (QED) is 0.539. The summed E-state index contributed by atoms with van der Waals surface area (Å²) in [5, 5.41) is 9.37. The molecule has 0 spiro atoms. The maximum absolute atomic E-state index is 13.0. The minimum atomic E-state index is -0.290. The lowest BCUT2D eigenvalue weighted by Gasteiger charge is -1.99. The van der Waals surface area contributed by atoms with Crippen molar-refractivity contribution < 1.29 is 8.81 Å². The van der Waals surface area contributed by atoms with Gasteiger partial charge in [-0.2, -0.15) is 5.26 Å². The van der Waals surface area contributed by atoms with E-state index in [0.717, 1.165) is 15.6 Å². The molecule has 0 aliphatic heterocycles. The Morgan fingerprint density at radius 2 is 1.87 bits per heavy atom. The van der Waals surface area contributed by atoms with Gasteiger partial charge < -0.3 is 4.42 Å². The van der Waals surface area contributed by atoms with Crippen molar-refractivity contribution in [3.63, 3.8) is 0 Å². The fraction of sp³-hybridized carbons (Fsp3) is 0. The minimum absolute atomic E-state index is 0.290. The zero-order chi connectivity index (χ0) is 16.2. The molecule has 0 N–H and O–H groups in total. The second-order valence-electron chi connectivity index (χ2n) is 4.89. The Morgan fingerprint density at radius 1 is 1.09 bits per heavy atom. The number of allylic oxidation sites excluding steroid dienone is 1. The fourth-order valence-electron chi connectivity index (χ4n) is 2.18. The molecular weight excluding hydrogens is 357 g/mol. The maximum Gasteiger partial charge on any atom is 0.134 e. The Kier molecular flexibility index (Phi) is 4.40. The number of nitrogens with zero attached hydrogens (tertiary/aromatic N) is 1. The van der Waals surface area contributed by atoms with Crippen molar-refractivity contribution in [1.29, 1.82) is 5.26 Å². The zero-order valence-electron chi connectivity index (χ0n) is 12.0. The molecule has 0 saturated carbocycles. The average Bonchev–Trinajstić information content (AvgIpc) is 3.02. The highest BCUT2D eigenvalue weighted by atomic mass is 79.9. The molecule has 0 aliphatic carbocycles. The highest BCUT2D eigenvalue weighted by molar-refractivity contribution is 9.10. The first kappa shape index (κ1) is 15.3. The summed E-state index contributed by atoms with van der Waals surface area (Å²) in [6.07, 6.45) is 1.69. The normalized spacial score (nSPS) is 11.3. The monoisotopic (exact) mass is 367 g/mol. The van der Waals surface area contributed by atoms with Gasteiger partial charge in [0.2, 0.25) is 0 Å². The van der Waals surface area contributed by atoms with Crippen molar-refractivity contribution in [2.24, 2.45) is 0 Å². The van der Waals surface area contributed by atoms with Gasteiger partial charge in [0.05, 0.1) is 11.6 Å². The number of hydrogen-bond acceptors (Lipinski definition) is 2. The summed E-state index contributed by atoms with van der Waals surface area (Å²) in [6, 6.07) is 19.4. The molecule has 3 aromatic rings. The molecule has 0 fully saturated rings. The van der Waals surface area contributed by atoms with E-state index in [9.17, 15) is 9.65 Å². The number of rotatable bonds is 3. The molecule has 0 atom stereocenters. The molecule has 0 aliphatic rings. The largest absolute Gasteiger partial charge is 0.457 e. The smallest absolute Gasteiger partial charge is 0.134 e. The molecule has 0 radical (unpaired) electrons. The van der Waals surface area contributed by atoms with Gasteiger partial charge in [0.25, 0.3) is 0 Å². The van der Waals surface area contributed by atoms with Gasteiger partial charge in [-0.3, -0.25) is 0 Å². The number of nitriles is 1. The Hall–Kier alpha value is -2.64. The van der Waals surface area contributed by atoms with Gasteiger partial charge in [0.1, 0.15) is 17.3 Å². The van der Waals surface area contributed by atoms with Crippen molar-refractivity contribution in [2.75, 3.05) is 0 Å². The predicted molar refractivity (Wildman–Crippen MR) is 91.7 cm³/mol. The molecule has 4 heteroatoms. The van der Waals surface area contributed by atoms with Crippen molar-refractivity contribution in [3.05, 3.63) is 82.3 Å². The number of halogens is 2. The van der Waals surface area contributed by atoms with Crippen LogP contribution in [0.1, 0.15) is 11.3 Å². The lowest BCUT2D eigenvalue weighted by atomic mass is 10.1. The van der Waals surface area contributed by atoms with E-state index in [0.29, 0.717) is 17.1 Å². The number of hydrogen-bond donors (Lipinski definition) is 0. The first-order valence-electron chi connectivity index (χ1n) is 6.89. The van der Waals surface area contributed by atoms with Crippen LogP contribution in [-0.4, -0.2) is 0 Å². The first-order chi connectivity index (χ1) is 11.2. The van der Waals surface area contributed by atoms with Gasteiger partial charge in [-0.1, -0.05) is 28.1 Å². The molecule has 2 nitrogen and oxygen atoms in total. The number of benzene rings is 2. The van der Waals surface area contributed by atoms with E-state index in [1.165, 1.54) is 12.1 Å². The second kappa shape index (κ2) is 6.64. The SMILES string of the molecule is N#C/C(=C/c1ccc(-c2ccc(F)cc2)o1)c1cccc(Br)c1. The summed E-state index contributed by atoms with van der Waals surface area (Å²) in [5.41, 5.74) is 2.10. The van der Waals surface area contributed by atoms with Gasteiger partial charge in [-0.15, -0.1) is 0 Å². The molecular formula is C19H11BrFNO. The van der Waals surface area contributed by atoms with E-state index in [4.69, 9.17) is 4.42 Å². The van der Waals surface area contributed by atoms with Crippen LogP contribution in [0.5, 0.6) is 0 Å². The van der Waals surface area contributed by atoms with Gasteiger partial charge in [0.15, 0.2) is 0 Å². The lowest BCUT2D eigenvalue weighted by Crippen LogP contribution is -1.81. The van der Waals surface area contributed by atoms with Crippen molar-refractivity contribution >= 4 is 27.6 Å². The predicted octanol–water partition coefficient (Wildman–Crippen LogP) is 5.91. The second-order valence-corrected chi connectivity index (χ2v) is 5.80. The molecule has 112 valence electrons. The van der Waals surface area contributed by atoms with Crippen molar-refractivity contribution in [3.8, 4) is 17.4 Å². The summed E-state index contributed by atoms with van der Waals surface area (Å²) in [5.74, 6) is 0.908. The molecule has 0 unspecified atom stereocenters. The van der Waals surface area contributed by atoms with Crippen LogP contribution in [0.4, 0.5) is 4.39 Å². The van der Waals surface area contributed by atoms with E-state index >= 15 is 0 Å². The van der Waals surface area contributed by atoms with E-state index in [2.05, 4.69) is 22.0 Å². The Balaban J connectivity index is 1.93. The molecule has 23 heavy (non-hydrogen) atoms. The Labute approximate surface area is 141 Å². The van der Waals surface area contributed by atoms with Crippen LogP contribution in [-0.2, 0) is 0 Å². The van der Waals surface area contributed by atoms with Gasteiger partial charge in [-0.05, 0) is 60.2 Å². The summed E-state index contributed by atoms with van der Waals surface area (Å²) >= 11 is 3.39. The number of furan rings is 1. The van der Waals surface area contributed by atoms with E-state index in [-0.39, 0.29) is 5.82 Å². The average molecular weight is 368 g/mol. The van der Waals surface area contributed by atoms with E-state index in [1.54, 1.807) is 30.3 Å². The van der Waals surface area contributed by atoms with Gasteiger partial charge >= 0.3 is 0 Å². The Bertz CT molecular complexity index is 904. The van der Waals surface area contributed by atoms with Gasteiger partial charge in [0, 0.05) is 10.0 Å². The molecule has 3 rings (SSSR count). The topological polar surface area (TPSA) is 36.9 Å².